The number of aliphatic hydroxyl groups excluding tert-OH is 1. The van der Waals surface area contributed by atoms with Crippen molar-refractivity contribution in [1.82, 2.24) is 5.32 Å². The van der Waals surface area contributed by atoms with E-state index in [1.807, 2.05) is 27.2 Å². The Balaban J connectivity index is 3.99. The number of nitrogens with one attached hydrogen (secondary N) is 1. The number of likely N-dealkylation sites (N-methyl/N-ethyl adjacent to an activating group) is 1. The van der Waals surface area contributed by atoms with E-state index < -0.39 is 26.6 Å². The van der Waals surface area contributed by atoms with Crippen molar-refractivity contribution in [1.29, 1.82) is 0 Å². The Bertz CT molecular complexity index is 1410. The Morgan fingerprint density at radius 3 is 1.00 bits per heavy atom. The first-order valence-electron chi connectivity index (χ1n) is 35.9. The van der Waals surface area contributed by atoms with E-state index in [-0.39, 0.29) is 12.5 Å². The smallest absolute Gasteiger partial charge is 0.268 e. The zero-order valence-corrected chi connectivity index (χ0v) is 55.9. The number of aliphatic hydroxyl groups is 1. The molecule has 0 aromatic rings. The van der Waals surface area contributed by atoms with E-state index >= 15 is 0 Å². The molecule has 3 atom stereocenters. The number of amides is 1. The standard InChI is InChI=1S/C72H141N2O6P/c1-6-8-10-12-14-16-18-20-22-24-26-28-30-31-32-33-34-35-36-37-38-39-40-41-42-43-44-46-48-50-52-54-56-58-60-62-64-66-72(76)73-70(69-80-81(77,78)79-68-67-74(3,4)5)71(75)65-63-61-59-57-55-53-51-49-47-45-29-27-25-23-21-19-17-15-13-11-9-7-2/h47,49,55,57,63,65,70-71,75H,6-46,48,50-54,56,58-62,64,66-69H2,1-5H3,(H-,73,76,77,78)/b49-47+,57-55+,65-63+. The maximum absolute atomic E-state index is 13.0. The summed E-state index contributed by atoms with van der Waals surface area (Å²) in [6.45, 7) is 4.68. The van der Waals surface area contributed by atoms with Crippen LogP contribution in [0.15, 0.2) is 36.5 Å². The Labute approximate surface area is 506 Å². The zero-order chi connectivity index (χ0) is 59.1. The van der Waals surface area contributed by atoms with Crippen LogP contribution in [0, 0.1) is 0 Å². The van der Waals surface area contributed by atoms with Crippen LogP contribution in [-0.4, -0.2) is 68.5 Å². The second-order valence-corrected chi connectivity index (χ2v) is 27.3. The molecule has 81 heavy (non-hydrogen) atoms. The molecule has 0 fully saturated rings. The molecule has 0 saturated carbocycles. The Kier molecular flexibility index (Phi) is 62.2. The molecule has 0 aromatic heterocycles. The molecule has 0 aromatic carbocycles. The fourth-order valence-electron chi connectivity index (χ4n) is 11.0. The van der Waals surface area contributed by atoms with Gasteiger partial charge in [-0.25, -0.2) is 0 Å². The lowest BCUT2D eigenvalue weighted by atomic mass is 10.0. The molecular weight excluding hydrogens is 1020 g/mol. The SMILES string of the molecule is CCCCCCCCCCCCCC/C=C/CC/C=C/CC/C=C/C(O)C(COP(=O)([O-])OCC[N+](C)(C)C)NC(=O)CCCCCCCCCCCCCCCCCCCCCCCCCCCCCCCCCCCCCCC. The molecule has 3 unspecified atom stereocenters. The van der Waals surface area contributed by atoms with E-state index in [9.17, 15) is 19.4 Å². The molecule has 2 N–H and O–H groups in total. The van der Waals surface area contributed by atoms with E-state index in [0.717, 1.165) is 44.9 Å². The summed E-state index contributed by atoms with van der Waals surface area (Å²) in [6, 6.07) is -0.909. The molecule has 0 rings (SSSR count). The number of quaternary nitrogens is 1. The highest BCUT2D eigenvalue weighted by molar-refractivity contribution is 7.45. The monoisotopic (exact) mass is 1160 g/mol. The van der Waals surface area contributed by atoms with Crippen LogP contribution in [0.4, 0.5) is 0 Å². The van der Waals surface area contributed by atoms with Crippen molar-refractivity contribution >= 4 is 13.7 Å². The largest absolute Gasteiger partial charge is 0.756 e. The summed E-state index contributed by atoms with van der Waals surface area (Å²) in [5, 5.41) is 13.9. The number of rotatable bonds is 67. The quantitative estimate of drug-likeness (QED) is 0.0272. The zero-order valence-electron chi connectivity index (χ0n) is 55.0. The third-order valence-electron chi connectivity index (χ3n) is 16.6. The summed E-state index contributed by atoms with van der Waals surface area (Å²) in [4.78, 5) is 25.6. The maximum atomic E-state index is 13.0. The lowest BCUT2D eigenvalue weighted by Gasteiger charge is -2.29. The molecule has 8 nitrogen and oxygen atoms in total. The predicted molar refractivity (Wildman–Crippen MR) is 353 cm³/mol. The van der Waals surface area contributed by atoms with Gasteiger partial charge >= 0.3 is 0 Å². The van der Waals surface area contributed by atoms with Crippen LogP contribution < -0.4 is 10.2 Å². The number of hydrogen-bond donors (Lipinski definition) is 2. The molecule has 9 heteroatoms. The lowest BCUT2D eigenvalue weighted by molar-refractivity contribution is -0.870. The number of phosphoric acid groups is 1. The Morgan fingerprint density at radius 2 is 0.691 bits per heavy atom. The van der Waals surface area contributed by atoms with Crippen LogP contribution in [0.25, 0.3) is 0 Å². The van der Waals surface area contributed by atoms with Crippen LogP contribution in [0.1, 0.15) is 367 Å². The first-order valence-corrected chi connectivity index (χ1v) is 37.3. The van der Waals surface area contributed by atoms with E-state index in [2.05, 4.69) is 43.5 Å². The number of hydrogen-bond acceptors (Lipinski definition) is 6. The van der Waals surface area contributed by atoms with E-state index in [0.29, 0.717) is 17.4 Å². The summed E-state index contributed by atoms with van der Waals surface area (Å²) < 4.78 is 23.4. The summed E-state index contributed by atoms with van der Waals surface area (Å²) in [6.07, 6.45) is 84.4. The molecule has 0 bridgehead atoms. The van der Waals surface area contributed by atoms with Gasteiger partial charge in [0.2, 0.25) is 5.91 Å². The highest BCUT2D eigenvalue weighted by Crippen LogP contribution is 2.38. The van der Waals surface area contributed by atoms with E-state index in [4.69, 9.17) is 9.05 Å². The van der Waals surface area contributed by atoms with Crippen LogP contribution in [0.5, 0.6) is 0 Å². The molecule has 0 radical (unpaired) electrons. The van der Waals surface area contributed by atoms with Crippen molar-refractivity contribution < 1.29 is 32.9 Å². The topological polar surface area (TPSA) is 108 Å². The average Bonchev–Trinajstić information content (AvgIpc) is 3.43. The summed E-state index contributed by atoms with van der Waals surface area (Å²) in [7, 11) is 1.25. The molecule has 0 saturated heterocycles. The Hall–Kier alpha value is -1.28. The molecule has 1 amide bonds. The van der Waals surface area contributed by atoms with Gasteiger partial charge in [0.05, 0.1) is 39.9 Å². The third kappa shape index (κ3) is 66.1. The normalized spacial score (nSPS) is 13.8. The minimum absolute atomic E-state index is 0.00713. The maximum Gasteiger partial charge on any atom is 0.268 e. The second-order valence-electron chi connectivity index (χ2n) is 25.9. The number of allylic oxidation sites excluding steroid dienone is 5. The molecule has 0 spiro atoms. The van der Waals surface area contributed by atoms with Gasteiger partial charge in [0, 0.05) is 6.42 Å². The van der Waals surface area contributed by atoms with Gasteiger partial charge in [-0.1, -0.05) is 352 Å². The van der Waals surface area contributed by atoms with Crippen molar-refractivity contribution in [3.8, 4) is 0 Å². The minimum Gasteiger partial charge on any atom is -0.756 e. The van der Waals surface area contributed by atoms with Gasteiger partial charge in [-0.2, -0.15) is 0 Å². The summed E-state index contributed by atoms with van der Waals surface area (Å²) in [5.74, 6) is -0.204. The van der Waals surface area contributed by atoms with Crippen LogP contribution in [0.3, 0.4) is 0 Å². The Morgan fingerprint density at radius 1 is 0.420 bits per heavy atom. The van der Waals surface area contributed by atoms with Gasteiger partial charge < -0.3 is 28.8 Å². The average molecular weight is 1160 g/mol. The molecule has 0 aliphatic carbocycles. The summed E-state index contributed by atoms with van der Waals surface area (Å²) in [5.41, 5.74) is 0. The van der Waals surface area contributed by atoms with Crippen LogP contribution >= 0.6 is 7.82 Å². The molecule has 0 aliphatic heterocycles. The van der Waals surface area contributed by atoms with Crippen molar-refractivity contribution in [2.45, 2.75) is 379 Å². The fraction of sp³-hybridized carbons (Fsp3) is 0.903. The number of carbonyl (C=O) groups excluding carboxylic acids is 1. The molecule has 0 aliphatic rings. The number of phosphoric ester groups is 1. The van der Waals surface area contributed by atoms with Gasteiger partial charge in [-0.05, 0) is 44.9 Å². The van der Waals surface area contributed by atoms with Gasteiger partial charge in [0.15, 0.2) is 0 Å². The highest BCUT2D eigenvalue weighted by atomic mass is 31.2. The van der Waals surface area contributed by atoms with Crippen molar-refractivity contribution in [3.63, 3.8) is 0 Å². The molecule has 0 heterocycles. The first-order chi connectivity index (χ1) is 39.5. The predicted octanol–water partition coefficient (Wildman–Crippen LogP) is 22.2. The van der Waals surface area contributed by atoms with Gasteiger partial charge in [0.25, 0.3) is 7.82 Å². The number of unbranched alkanes of at least 4 members (excludes halogenated alkanes) is 50. The fourth-order valence-corrected chi connectivity index (χ4v) is 11.7. The highest BCUT2D eigenvalue weighted by Gasteiger charge is 2.23. The van der Waals surface area contributed by atoms with Crippen molar-refractivity contribution in [3.05, 3.63) is 36.5 Å². The third-order valence-corrected chi connectivity index (χ3v) is 17.5. The van der Waals surface area contributed by atoms with Crippen LogP contribution in [0.2, 0.25) is 0 Å². The lowest BCUT2D eigenvalue weighted by Crippen LogP contribution is -2.45. The van der Waals surface area contributed by atoms with Gasteiger partial charge in [-0.3, -0.25) is 9.36 Å². The van der Waals surface area contributed by atoms with Gasteiger partial charge in [-0.15, -0.1) is 0 Å². The minimum atomic E-state index is -4.61. The number of nitrogens with zero attached hydrogens (tertiary/aromatic N) is 1. The second kappa shape index (κ2) is 63.2. The molecular formula is C72H141N2O6P. The van der Waals surface area contributed by atoms with E-state index in [1.165, 1.54) is 302 Å². The summed E-state index contributed by atoms with van der Waals surface area (Å²) >= 11 is 0. The van der Waals surface area contributed by atoms with Crippen molar-refractivity contribution in [2.75, 3.05) is 40.9 Å². The molecule has 480 valence electrons. The first kappa shape index (κ1) is 79.7. The van der Waals surface area contributed by atoms with Crippen molar-refractivity contribution in [2.24, 2.45) is 0 Å². The van der Waals surface area contributed by atoms with Crippen LogP contribution in [-0.2, 0) is 18.4 Å². The number of carbonyl (C=O) groups is 1. The van der Waals surface area contributed by atoms with Gasteiger partial charge in [0.1, 0.15) is 13.2 Å². The van der Waals surface area contributed by atoms with E-state index in [1.54, 1.807) is 6.08 Å².